The zero-order valence-electron chi connectivity index (χ0n) is 14.2. The first-order valence-electron chi connectivity index (χ1n) is 7.18. The average Bonchev–Trinajstić information content (AvgIpc) is 2.66. The molecule has 1 aromatic rings. The molecule has 0 bridgehead atoms. The van der Waals surface area contributed by atoms with Gasteiger partial charge in [0.05, 0.1) is 5.69 Å². The van der Waals surface area contributed by atoms with Crippen molar-refractivity contribution in [1.82, 2.24) is 4.90 Å². The normalized spacial score (nSPS) is 16.5. The molecule has 0 aromatic heterocycles. The molecule has 0 unspecified atom stereocenters. The third-order valence-corrected chi connectivity index (χ3v) is 3.28. The van der Waals surface area contributed by atoms with Crippen LogP contribution in [0, 0.1) is 0 Å². The molecule has 1 aliphatic heterocycles. The summed E-state index contributed by atoms with van der Waals surface area (Å²) in [6.45, 7) is 0.136. The van der Waals surface area contributed by atoms with Crippen molar-refractivity contribution in [3.05, 3.63) is 23.8 Å². The van der Waals surface area contributed by atoms with Crippen LogP contribution in [0.15, 0.2) is 18.2 Å². The molecule has 3 N–H and O–H groups in total. The standard InChI is InChI=1S/C13H17N3O3.C2HF3O2/c1-15(2)12(17)8-4-5-11-10(6-8)16(3)13(18)9(14)7-19-11;3-2(4,5)1(6)7/h4-6,9H,7,14H2,1-3H3;(H,6,7)/t9-;/m0./s1. The van der Waals surface area contributed by atoms with Crippen LogP contribution in [0.3, 0.4) is 0 Å². The second kappa shape index (κ2) is 8.04. The highest BCUT2D eigenvalue weighted by Gasteiger charge is 2.38. The number of carboxylic acid groups (broad SMARTS) is 1. The van der Waals surface area contributed by atoms with Crippen molar-refractivity contribution in [3.63, 3.8) is 0 Å². The lowest BCUT2D eigenvalue weighted by atomic mass is 10.1. The average molecular weight is 377 g/mol. The van der Waals surface area contributed by atoms with Gasteiger partial charge in [-0.1, -0.05) is 0 Å². The lowest BCUT2D eigenvalue weighted by Gasteiger charge is -2.19. The van der Waals surface area contributed by atoms with Crippen molar-refractivity contribution in [3.8, 4) is 5.75 Å². The molecular formula is C15H18F3N3O5. The van der Waals surface area contributed by atoms with Crippen LogP contribution in [0.5, 0.6) is 5.75 Å². The largest absolute Gasteiger partial charge is 0.490 e. The maximum Gasteiger partial charge on any atom is 0.490 e. The highest BCUT2D eigenvalue weighted by atomic mass is 19.4. The molecule has 2 amide bonds. The van der Waals surface area contributed by atoms with Gasteiger partial charge in [-0.3, -0.25) is 9.59 Å². The van der Waals surface area contributed by atoms with Gasteiger partial charge in [-0.2, -0.15) is 13.2 Å². The number of nitrogens with zero attached hydrogens (tertiary/aromatic N) is 2. The summed E-state index contributed by atoms with van der Waals surface area (Å²) in [5, 5.41) is 7.12. The van der Waals surface area contributed by atoms with E-state index >= 15 is 0 Å². The zero-order valence-corrected chi connectivity index (χ0v) is 14.2. The van der Waals surface area contributed by atoms with Crippen molar-refractivity contribution in [2.45, 2.75) is 12.2 Å². The van der Waals surface area contributed by atoms with E-state index in [4.69, 9.17) is 20.4 Å². The maximum atomic E-state index is 11.9. The lowest BCUT2D eigenvalue weighted by Crippen LogP contribution is -2.43. The Balaban J connectivity index is 0.000000412. The Labute approximate surface area is 146 Å². The van der Waals surface area contributed by atoms with Crippen LogP contribution >= 0.6 is 0 Å². The molecule has 11 heteroatoms. The fourth-order valence-electron chi connectivity index (χ4n) is 1.91. The minimum absolute atomic E-state index is 0.128. The van der Waals surface area contributed by atoms with Crippen LogP contribution in [0.1, 0.15) is 10.4 Å². The minimum atomic E-state index is -5.08. The summed E-state index contributed by atoms with van der Waals surface area (Å²) in [6, 6.07) is 4.32. The second-order valence-corrected chi connectivity index (χ2v) is 5.50. The van der Waals surface area contributed by atoms with Crippen molar-refractivity contribution in [2.24, 2.45) is 5.73 Å². The van der Waals surface area contributed by atoms with Crippen LogP contribution < -0.4 is 15.4 Å². The molecule has 144 valence electrons. The van der Waals surface area contributed by atoms with Gasteiger partial charge in [0.2, 0.25) is 5.91 Å². The van der Waals surface area contributed by atoms with Gasteiger partial charge in [0.15, 0.2) is 0 Å². The Morgan fingerprint density at radius 1 is 1.35 bits per heavy atom. The summed E-state index contributed by atoms with van der Waals surface area (Å²) in [5.41, 5.74) is 6.77. The van der Waals surface area contributed by atoms with Gasteiger partial charge in [0, 0.05) is 26.7 Å². The van der Waals surface area contributed by atoms with E-state index in [1.807, 2.05) is 0 Å². The van der Waals surface area contributed by atoms with Crippen LogP contribution in [0.2, 0.25) is 0 Å². The fraction of sp³-hybridized carbons (Fsp3) is 0.400. The molecule has 26 heavy (non-hydrogen) atoms. The summed E-state index contributed by atoms with van der Waals surface area (Å²) in [6.07, 6.45) is -5.08. The van der Waals surface area contributed by atoms with Crippen molar-refractivity contribution in [2.75, 3.05) is 32.6 Å². The van der Waals surface area contributed by atoms with Gasteiger partial charge in [-0.25, -0.2) is 4.79 Å². The van der Waals surface area contributed by atoms with E-state index in [0.29, 0.717) is 17.0 Å². The van der Waals surface area contributed by atoms with E-state index in [1.165, 1.54) is 9.80 Å². The van der Waals surface area contributed by atoms with E-state index in [0.717, 1.165) is 0 Å². The number of amides is 2. The topological polar surface area (TPSA) is 113 Å². The number of hydrogen-bond acceptors (Lipinski definition) is 5. The van der Waals surface area contributed by atoms with Crippen molar-refractivity contribution in [1.29, 1.82) is 0 Å². The lowest BCUT2D eigenvalue weighted by molar-refractivity contribution is -0.192. The molecular weight excluding hydrogens is 359 g/mol. The minimum Gasteiger partial charge on any atom is -0.489 e. The number of carbonyl (C=O) groups excluding carboxylic acids is 2. The highest BCUT2D eigenvalue weighted by molar-refractivity contribution is 6.01. The number of fused-ring (bicyclic) bond motifs is 1. The molecule has 0 spiro atoms. The molecule has 1 atom stereocenters. The number of halogens is 3. The molecule has 8 nitrogen and oxygen atoms in total. The van der Waals surface area contributed by atoms with Gasteiger partial charge in [-0.15, -0.1) is 0 Å². The third-order valence-electron chi connectivity index (χ3n) is 3.28. The molecule has 0 radical (unpaired) electrons. The molecule has 0 aliphatic carbocycles. The summed E-state index contributed by atoms with van der Waals surface area (Å²) in [4.78, 5) is 35.7. The number of aliphatic carboxylic acids is 1. The second-order valence-electron chi connectivity index (χ2n) is 5.50. The number of carboxylic acids is 1. The van der Waals surface area contributed by atoms with Gasteiger partial charge in [0.1, 0.15) is 18.4 Å². The summed E-state index contributed by atoms with van der Waals surface area (Å²) < 4.78 is 37.2. The SMILES string of the molecule is CN(C)C(=O)c1ccc2c(c1)N(C)C(=O)[C@@H](N)CO2.O=C(O)C(F)(F)F. The molecule has 1 aliphatic rings. The number of benzene rings is 1. The van der Waals surface area contributed by atoms with Crippen molar-refractivity contribution < 1.29 is 37.4 Å². The number of ether oxygens (including phenoxy) is 1. The number of likely N-dealkylation sites (N-methyl/N-ethyl adjacent to an activating group) is 1. The first-order valence-corrected chi connectivity index (χ1v) is 7.18. The van der Waals surface area contributed by atoms with Gasteiger partial charge in [-0.05, 0) is 18.2 Å². The highest BCUT2D eigenvalue weighted by Crippen LogP contribution is 2.31. The van der Waals surface area contributed by atoms with Crippen LogP contribution in [-0.4, -0.2) is 67.8 Å². The number of hydrogen-bond donors (Lipinski definition) is 2. The van der Waals surface area contributed by atoms with Gasteiger partial charge >= 0.3 is 12.1 Å². The van der Waals surface area contributed by atoms with E-state index in [-0.39, 0.29) is 18.4 Å². The first-order chi connectivity index (χ1) is 11.9. The third kappa shape index (κ3) is 5.09. The smallest absolute Gasteiger partial charge is 0.489 e. The molecule has 0 fully saturated rings. The number of anilines is 1. The monoisotopic (exact) mass is 377 g/mol. The number of nitrogens with two attached hydrogens (primary N) is 1. The molecule has 1 aromatic carbocycles. The quantitative estimate of drug-likeness (QED) is 0.745. The Kier molecular flexibility index (Phi) is 6.56. The zero-order chi connectivity index (χ0) is 20.2. The van der Waals surface area contributed by atoms with Crippen molar-refractivity contribution >= 4 is 23.5 Å². The van der Waals surface area contributed by atoms with Crippen LogP contribution in [-0.2, 0) is 9.59 Å². The summed E-state index contributed by atoms with van der Waals surface area (Å²) >= 11 is 0. The maximum absolute atomic E-state index is 11.9. The predicted octanol–water partition coefficient (Wildman–Crippen LogP) is 0.704. The van der Waals surface area contributed by atoms with Crippen LogP contribution in [0.25, 0.3) is 0 Å². The van der Waals surface area contributed by atoms with Crippen LogP contribution in [0.4, 0.5) is 18.9 Å². The van der Waals surface area contributed by atoms with E-state index in [2.05, 4.69) is 0 Å². The van der Waals surface area contributed by atoms with E-state index < -0.39 is 18.2 Å². The molecule has 2 rings (SSSR count). The summed E-state index contributed by atoms with van der Waals surface area (Å²) in [5.74, 6) is -2.56. The van der Waals surface area contributed by atoms with E-state index in [9.17, 15) is 22.8 Å². The fourth-order valence-corrected chi connectivity index (χ4v) is 1.91. The Hall–Kier alpha value is -2.82. The van der Waals surface area contributed by atoms with Gasteiger partial charge in [0.25, 0.3) is 5.91 Å². The number of alkyl halides is 3. The Bertz CT molecular complexity index is 706. The van der Waals surface area contributed by atoms with E-state index in [1.54, 1.807) is 39.3 Å². The number of carbonyl (C=O) groups is 3. The molecule has 0 saturated heterocycles. The first kappa shape index (κ1) is 21.2. The molecule has 1 heterocycles. The summed E-state index contributed by atoms with van der Waals surface area (Å²) in [7, 11) is 4.98. The Morgan fingerprint density at radius 3 is 2.35 bits per heavy atom. The molecule has 0 saturated carbocycles. The predicted molar refractivity (Wildman–Crippen MR) is 85.0 cm³/mol. The van der Waals surface area contributed by atoms with Gasteiger partial charge < -0.3 is 25.4 Å². The Morgan fingerprint density at radius 2 is 1.88 bits per heavy atom. The number of rotatable bonds is 1.